The van der Waals surface area contributed by atoms with Crippen molar-refractivity contribution >= 4 is 16.9 Å². The van der Waals surface area contributed by atoms with Gasteiger partial charge < -0.3 is 4.74 Å². The molecule has 4 rings (SSSR count). The van der Waals surface area contributed by atoms with Crippen LogP contribution in [-0.4, -0.2) is 30.2 Å². The van der Waals surface area contributed by atoms with E-state index in [0.717, 1.165) is 17.0 Å². The van der Waals surface area contributed by atoms with Crippen LogP contribution >= 0.6 is 0 Å². The smallest absolute Gasteiger partial charge is 0.332 e. The summed E-state index contributed by atoms with van der Waals surface area (Å²) in [6.45, 7) is 7.70. The highest BCUT2D eigenvalue weighted by Gasteiger charge is 2.21. The van der Waals surface area contributed by atoms with Crippen molar-refractivity contribution < 1.29 is 4.74 Å². The minimum atomic E-state index is -0.415. The van der Waals surface area contributed by atoms with Gasteiger partial charge in [-0.1, -0.05) is 24.3 Å². The quantitative estimate of drug-likeness (QED) is 0.509. The molecule has 8 nitrogen and oxygen atoms in total. The zero-order valence-corrected chi connectivity index (χ0v) is 16.3. The summed E-state index contributed by atoms with van der Waals surface area (Å²) in [7, 11) is 3.22. The minimum absolute atomic E-state index is 0.168. The summed E-state index contributed by atoms with van der Waals surface area (Å²) in [5.41, 5.74) is 2.31. The first-order valence-corrected chi connectivity index (χ1v) is 8.83. The van der Waals surface area contributed by atoms with Crippen molar-refractivity contribution in [2.45, 2.75) is 20.4 Å². The van der Waals surface area contributed by atoms with Crippen LogP contribution < -0.4 is 16.0 Å². The Labute approximate surface area is 160 Å². The Hall–Kier alpha value is -3.55. The molecular weight excluding hydrogens is 358 g/mol. The van der Waals surface area contributed by atoms with Gasteiger partial charge in [0, 0.05) is 18.9 Å². The van der Waals surface area contributed by atoms with Crippen LogP contribution in [0.15, 0.2) is 52.2 Å². The summed E-state index contributed by atoms with van der Waals surface area (Å²) in [6.07, 6.45) is 1.84. The first-order chi connectivity index (χ1) is 13.3. The molecule has 144 valence electrons. The van der Waals surface area contributed by atoms with Crippen LogP contribution in [-0.2, 0) is 13.6 Å². The van der Waals surface area contributed by atoms with Gasteiger partial charge in [0.25, 0.3) is 5.56 Å². The molecule has 0 saturated carbocycles. The molecule has 0 fully saturated rings. The molecule has 0 spiro atoms. The molecule has 1 aromatic carbocycles. The third kappa shape index (κ3) is 2.41. The second-order valence-corrected chi connectivity index (χ2v) is 6.92. The lowest BCUT2D eigenvalue weighted by Crippen LogP contribution is -2.39. The highest BCUT2D eigenvalue weighted by Crippen LogP contribution is 2.27. The lowest BCUT2D eigenvalue weighted by atomic mass is 10.3. The summed E-state index contributed by atoms with van der Waals surface area (Å²) in [4.78, 5) is 30.4. The van der Waals surface area contributed by atoms with Gasteiger partial charge in [0.05, 0.1) is 19.3 Å². The van der Waals surface area contributed by atoms with E-state index in [1.165, 1.54) is 9.13 Å². The molecular formula is C20H21N5O3. The summed E-state index contributed by atoms with van der Waals surface area (Å²) in [5, 5.41) is 0. The van der Waals surface area contributed by atoms with Gasteiger partial charge in [-0.25, -0.2) is 4.79 Å². The van der Waals surface area contributed by atoms with Gasteiger partial charge in [0.2, 0.25) is 5.78 Å². The van der Waals surface area contributed by atoms with E-state index in [-0.39, 0.29) is 12.1 Å². The lowest BCUT2D eigenvalue weighted by molar-refractivity contribution is 0.413. The van der Waals surface area contributed by atoms with Gasteiger partial charge in [0.15, 0.2) is 11.2 Å². The Kier molecular flexibility index (Phi) is 3.99. The molecule has 0 aliphatic carbocycles. The van der Waals surface area contributed by atoms with E-state index < -0.39 is 5.69 Å². The van der Waals surface area contributed by atoms with Gasteiger partial charge in [0.1, 0.15) is 5.75 Å². The number of rotatable bonds is 4. The molecule has 28 heavy (non-hydrogen) atoms. The van der Waals surface area contributed by atoms with Gasteiger partial charge >= 0.3 is 5.69 Å². The number of nitrogens with zero attached hydrogens (tertiary/aromatic N) is 5. The van der Waals surface area contributed by atoms with Crippen LogP contribution in [0.25, 0.3) is 22.6 Å². The SMILES string of the molecule is C=C(C)Cn1c(=O)c2c(nc3n(-c4ccccc4OC)c(C)cn23)n(C)c1=O. The number of para-hydroxylation sites is 2. The van der Waals surface area contributed by atoms with Crippen LogP contribution in [0, 0.1) is 6.92 Å². The number of ether oxygens (including phenoxy) is 1. The standard InChI is InChI=1S/C20H21N5O3/c1-12(2)10-24-18(26)16-17(22(4)20(24)27)21-19-23(16)11-13(3)25(19)14-8-6-7-9-15(14)28-5/h6-9,11H,1,10H2,2-5H3. The predicted molar refractivity (Wildman–Crippen MR) is 108 cm³/mol. The Morgan fingerprint density at radius 1 is 1.25 bits per heavy atom. The Morgan fingerprint density at radius 3 is 2.64 bits per heavy atom. The second kappa shape index (κ2) is 6.26. The third-order valence-corrected chi connectivity index (χ3v) is 4.78. The maximum Gasteiger partial charge on any atom is 0.332 e. The normalized spacial score (nSPS) is 11.4. The molecule has 0 atom stereocenters. The fraction of sp³-hybridized carbons (Fsp3) is 0.250. The summed E-state index contributed by atoms with van der Waals surface area (Å²) in [5.74, 6) is 1.22. The van der Waals surface area contributed by atoms with E-state index in [9.17, 15) is 9.59 Å². The van der Waals surface area contributed by atoms with E-state index in [0.29, 0.717) is 22.7 Å². The van der Waals surface area contributed by atoms with Crippen molar-refractivity contribution in [2.24, 2.45) is 7.05 Å². The molecule has 0 N–H and O–H groups in total. The van der Waals surface area contributed by atoms with Crippen molar-refractivity contribution in [2.75, 3.05) is 7.11 Å². The number of allylic oxidation sites excluding steroid dienone is 1. The predicted octanol–water partition coefficient (Wildman–Crippen LogP) is 2.03. The minimum Gasteiger partial charge on any atom is -0.495 e. The molecule has 3 heterocycles. The number of imidazole rings is 2. The van der Waals surface area contributed by atoms with Gasteiger partial charge in [-0.3, -0.25) is 22.9 Å². The first kappa shape index (κ1) is 17.8. The Bertz CT molecular complexity index is 1370. The maximum atomic E-state index is 13.1. The molecule has 0 amide bonds. The third-order valence-electron chi connectivity index (χ3n) is 4.78. The van der Waals surface area contributed by atoms with Crippen LogP contribution in [0.5, 0.6) is 5.75 Å². The fourth-order valence-corrected chi connectivity index (χ4v) is 3.53. The van der Waals surface area contributed by atoms with Crippen molar-refractivity contribution in [3.8, 4) is 11.4 Å². The van der Waals surface area contributed by atoms with Crippen molar-refractivity contribution in [1.82, 2.24) is 23.1 Å². The van der Waals surface area contributed by atoms with Gasteiger partial charge in [-0.15, -0.1) is 0 Å². The van der Waals surface area contributed by atoms with Crippen LogP contribution in [0.3, 0.4) is 0 Å². The molecule has 0 saturated heterocycles. The van der Waals surface area contributed by atoms with Crippen LogP contribution in [0.4, 0.5) is 0 Å². The number of aromatic nitrogens is 5. The number of benzene rings is 1. The van der Waals surface area contributed by atoms with Crippen LogP contribution in [0.1, 0.15) is 12.6 Å². The zero-order chi connectivity index (χ0) is 20.2. The van der Waals surface area contributed by atoms with Crippen molar-refractivity contribution in [3.63, 3.8) is 0 Å². The summed E-state index contributed by atoms with van der Waals surface area (Å²) >= 11 is 0. The van der Waals surface area contributed by atoms with Crippen molar-refractivity contribution in [1.29, 1.82) is 0 Å². The van der Waals surface area contributed by atoms with Crippen molar-refractivity contribution in [3.05, 3.63) is 69.1 Å². The number of hydrogen-bond donors (Lipinski definition) is 0. The number of methoxy groups -OCH3 is 1. The molecule has 3 aromatic heterocycles. The summed E-state index contributed by atoms with van der Waals surface area (Å²) in [6, 6.07) is 7.58. The van der Waals surface area contributed by atoms with E-state index in [1.54, 1.807) is 25.5 Å². The number of aryl methyl sites for hydroxylation is 2. The highest BCUT2D eigenvalue weighted by molar-refractivity contribution is 5.76. The second-order valence-electron chi connectivity index (χ2n) is 6.92. The molecule has 0 bridgehead atoms. The maximum absolute atomic E-state index is 13.1. The average Bonchev–Trinajstić information content (AvgIpc) is 3.17. The number of hydrogen-bond acceptors (Lipinski definition) is 4. The molecule has 0 aliphatic rings. The Balaban J connectivity index is 2.14. The molecule has 4 aromatic rings. The van der Waals surface area contributed by atoms with E-state index in [2.05, 4.69) is 11.6 Å². The first-order valence-electron chi connectivity index (χ1n) is 8.83. The van der Waals surface area contributed by atoms with E-state index in [1.807, 2.05) is 42.0 Å². The molecule has 0 unspecified atom stereocenters. The van der Waals surface area contributed by atoms with Gasteiger partial charge in [-0.2, -0.15) is 4.98 Å². The van der Waals surface area contributed by atoms with E-state index >= 15 is 0 Å². The monoisotopic (exact) mass is 379 g/mol. The largest absolute Gasteiger partial charge is 0.495 e. The average molecular weight is 379 g/mol. The molecule has 8 heteroatoms. The fourth-order valence-electron chi connectivity index (χ4n) is 3.53. The number of fused-ring (bicyclic) bond motifs is 3. The van der Waals surface area contributed by atoms with E-state index in [4.69, 9.17) is 4.74 Å². The highest BCUT2D eigenvalue weighted by atomic mass is 16.5. The van der Waals surface area contributed by atoms with Gasteiger partial charge in [-0.05, 0) is 26.0 Å². The lowest BCUT2D eigenvalue weighted by Gasteiger charge is -2.10. The topological polar surface area (TPSA) is 75.5 Å². The molecule has 0 radical (unpaired) electrons. The Morgan fingerprint density at radius 2 is 1.96 bits per heavy atom. The molecule has 0 aliphatic heterocycles. The van der Waals surface area contributed by atoms with Crippen LogP contribution in [0.2, 0.25) is 0 Å². The summed E-state index contributed by atoms with van der Waals surface area (Å²) < 4.78 is 11.7. The zero-order valence-electron chi connectivity index (χ0n) is 16.3.